The van der Waals surface area contributed by atoms with Gasteiger partial charge in [0.25, 0.3) is 11.7 Å². The lowest BCUT2D eigenvalue weighted by Gasteiger charge is -2.26. The van der Waals surface area contributed by atoms with Crippen LogP contribution in [-0.2, 0) is 15.0 Å². The zero-order valence-electron chi connectivity index (χ0n) is 21.8. The van der Waals surface area contributed by atoms with Gasteiger partial charge in [0.1, 0.15) is 11.5 Å². The molecular formula is C30H39NO4. The summed E-state index contributed by atoms with van der Waals surface area (Å²) >= 11 is 0. The van der Waals surface area contributed by atoms with E-state index >= 15 is 0 Å². The number of carbonyl (C=O) groups excluding carboxylic acids is 2. The fourth-order valence-corrected chi connectivity index (χ4v) is 4.36. The lowest BCUT2D eigenvalue weighted by molar-refractivity contribution is -0.139. The first-order chi connectivity index (χ1) is 16.7. The number of unbranched alkanes of at least 4 members (excludes halogenated alkanes) is 3. The topological polar surface area (TPSA) is 66.8 Å². The molecule has 1 heterocycles. The molecule has 0 saturated carbocycles. The molecule has 1 N–H and O–H groups in total. The molecule has 5 heteroatoms. The number of hydrogen-bond donors (Lipinski definition) is 1. The highest BCUT2D eigenvalue weighted by Gasteiger charge is 2.45. The molecule has 0 aliphatic carbocycles. The van der Waals surface area contributed by atoms with E-state index in [1.165, 1.54) is 5.56 Å². The Kier molecular flexibility index (Phi) is 8.76. The summed E-state index contributed by atoms with van der Waals surface area (Å²) in [5.74, 6) is -0.621. The highest BCUT2D eigenvalue weighted by Crippen LogP contribution is 2.40. The van der Waals surface area contributed by atoms with Crippen LogP contribution in [-0.4, -0.2) is 34.8 Å². The number of aliphatic hydroxyl groups is 1. The Morgan fingerprint density at radius 3 is 2.11 bits per heavy atom. The van der Waals surface area contributed by atoms with Crippen molar-refractivity contribution in [1.82, 2.24) is 4.90 Å². The van der Waals surface area contributed by atoms with Crippen LogP contribution in [0.25, 0.3) is 5.76 Å². The van der Waals surface area contributed by atoms with E-state index < -0.39 is 17.7 Å². The van der Waals surface area contributed by atoms with Gasteiger partial charge in [0, 0.05) is 12.1 Å². The van der Waals surface area contributed by atoms with Crippen LogP contribution in [0.1, 0.15) is 89.5 Å². The van der Waals surface area contributed by atoms with Crippen molar-refractivity contribution in [2.24, 2.45) is 0 Å². The summed E-state index contributed by atoms with van der Waals surface area (Å²) in [4.78, 5) is 27.7. The predicted octanol–water partition coefficient (Wildman–Crippen LogP) is 6.77. The second-order valence-corrected chi connectivity index (χ2v) is 10.3. The fraction of sp³-hybridized carbons (Fsp3) is 0.467. The standard InChI is InChI=1S/C30H39NO4/c1-6-8-10-20-35-24-17-13-22(14-18-24)27(32)25-26(31(19-9-7-2)29(34)28(25)33)21-11-15-23(16-12-21)30(3,4)5/h11-18,26,32H,6-10,19-20H2,1-5H3/b27-25-. The maximum absolute atomic E-state index is 13.1. The maximum Gasteiger partial charge on any atom is 0.295 e. The van der Waals surface area contributed by atoms with Gasteiger partial charge in [-0.1, -0.05) is 78.1 Å². The predicted molar refractivity (Wildman–Crippen MR) is 141 cm³/mol. The van der Waals surface area contributed by atoms with Gasteiger partial charge in [0.05, 0.1) is 18.2 Å². The van der Waals surface area contributed by atoms with Crippen LogP contribution in [0.3, 0.4) is 0 Å². The molecule has 3 rings (SSSR count). The van der Waals surface area contributed by atoms with Crippen LogP contribution in [0, 0.1) is 0 Å². The van der Waals surface area contributed by atoms with Crippen LogP contribution >= 0.6 is 0 Å². The van der Waals surface area contributed by atoms with E-state index in [1.54, 1.807) is 29.2 Å². The summed E-state index contributed by atoms with van der Waals surface area (Å²) < 4.78 is 5.77. The summed E-state index contributed by atoms with van der Waals surface area (Å²) in [7, 11) is 0. The Bertz CT molecular complexity index is 1050. The van der Waals surface area contributed by atoms with Crippen molar-refractivity contribution >= 4 is 17.4 Å². The number of hydrogen-bond acceptors (Lipinski definition) is 4. The number of rotatable bonds is 10. The number of ketones is 1. The highest BCUT2D eigenvalue weighted by atomic mass is 16.5. The quantitative estimate of drug-likeness (QED) is 0.177. The normalized spacial score (nSPS) is 17.7. The largest absolute Gasteiger partial charge is 0.507 e. The third-order valence-electron chi connectivity index (χ3n) is 6.53. The molecule has 1 amide bonds. The summed E-state index contributed by atoms with van der Waals surface area (Å²) in [6, 6.07) is 14.5. The third-order valence-corrected chi connectivity index (χ3v) is 6.53. The molecule has 35 heavy (non-hydrogen) atoms. The smallest absolute Gasteiger partial charge is 0.295 e. The van der Waals surface area contributed by atoms with E-state index in [0.29, 0.717) is 18.7 Å². The van der Waals surface area contributed by atoms with Crippen molar-refractivity contribution in [2.45, 2.75) is 78.2 Å². The molecular weight excluding hydrogens is 438 g/mol. The minimum Gasteiger partial charge on any atom is -0.507 e. The average Bonchev–Trinajstić information content (AvgIpc) is 3.09. The summed E-state index contributed by atoms with van der Waals surface area (Å²) in [6.07, 6.45) is 4.93. The molecule has 1 unspecified atom stereocenters. The molecule has 0 radical (unpaired) electrons. The van der Waals surface area contributed by atoms with Crippen molar-refractivity contribution in [3.63, 3.8) is 0 Å². The number of carbonyl (C=O) groups is 2. The minimum atomic E-state index is -0.636. The van der Waals surface area contributed by atoms with E-state index in [-0.39, 0.29) is 16.7 Å². The molecule has 5 nitrogen and oxygen atoms in total. The molecule has 1 aliphatic rings. The maximum atomic E-state index is 13.1. The van der Waals surface area contributed by atoms with Crippen molar-refractivity contribution in [3.05, 3.63) is 70.8 Å². The molecule has 1 saturated heterocycles. The summed E-state index contributed by atoms with van der Waals surface area (Å²) in [6.45, 7) is 11.7. The van der Waals surface area contributed by atoms with E-state index in [1.807, 2.05) is 24.3 Å². The van der Waals surface area contributed by atoms with Crippen molar-refractivity contribution in [3.8, 4) is 5.75 Å². The zero-order chi connectivity index (χ0) is 25.6. The third kappa shape index (κ3) is 6.14. The van der Waals surface area contributed by atoms with Gasteiger partial charge in [-0.2, -0.15) is 0 Å². The number of amides is 1. The molecule has 1 fully saturated rings. The van der Waals surface area contributed by atoms with Gasteiger partial charge in [-0.25, -0.2) is 0 Å². The molecule has 0 spiro atoms. The lowest BCUT2D eigenvalue weighted by Crippen LogP contribution is -2.30. The second-order valence-electron chi connectivity index (χ2n) is 10.3. The van der Waals surface area contributed by atoms with E-state index in [4.69, 9.17) is 4.74 Å². The number of benzene rings is 2. The Morgan fingerprint density at radius 2 is 1.54 bits per heavy atom. The zero-order valence-corrected chi connectivity index (χ0v) is 21.8. The lowest BCUT2D eigenvalue weighted by atomic mass is 9.85. The van der Waals surface area contributed by atoms with Gasteiger partial charge in [-0.05, 0) is 53.6 Å². The van der Waals surface area contributed by atoms with Gasteiger partial charge in [0.15, 0.2) is 0 Å². The number of aliphatic hydroxyl groups excluding tert-OH is 1. The Balaban J connectivity index is 1.98. The summed E-state index contributed by atoms with van der Waals surface area (Å²) in [5, 5.41) is 11.2. The van der Waals surface area contributed by atoms with Gasteiger partial charge >= 0.3 is 0 Å². The van der Waals surface area contributed by atoms with Crippen LogP contribution in [0.2, 0.25) is 0 Å². The number of likely N-dealkylation sites (tertiary alicyclic amines) is 1. The molecule has 0 aromatic heterocycles. The second kappa shape index (κ2) is 11.6. The number of Topliss-reactive ketones (excluding diaryl/α,β-unsaturated/α-hetero) is 1. The Labute approximate surface area is 209 Å². The first-order valence-electron chi connectivity index (χ1n) is 12.8. The van der Waals surface area contributed by atoms with E-state index in [2.05, 4.69) is 34.6 Å². The Hall–Kier alpha value is -3.08. The van der Waals surface area contributed by atoms with Crippen LogP contribution in [0.15, 0.2) is 54.1 Å². The van der Waals surface area contributed by atoms with Crippen molar-refractivity contribution in [2.75, 3.05) is 13.2 Å². The first-order valence-corrected chi connectivity index (χ1v) is 12.8. The Morgan fingerprint density at radius 1 is 0.914 bits per heavy atom. The van der Waals surface area contributed by atoms with Crippen LogP contribution < -0.4 is 4.74 Å². The van der Waals surface area contributed by atoms with Gasteiger partial charge < -0.3 is 14.7 Å². The summed E-state index contributed by atoms with van der Waals surface area (Å²) in [5.41, 5.74) is 2.62. The van der Waals surface area contributed by atoms with Crippen LogP contribution in [0.4, 0.5) is 0 Å². The molecule has 0 bridgehead atoms. The minimum absolute atomic E-state index is 0.0110. The van der Waals surface area contributed by atoms with E-state index in [0.717, 1.165) is 43.4 Å². The van der Waals surface area contributed by atoms with Gasteiger partial charge in [0.2, 0.25) is 0 Å². The van der Waals surface area contributed by atoms with Crippen LogP contribution in [0.5, 0.6) is 5.75 Å². The van der Waals surface area contributed by atoms with Crippen molar-refractivity contribution in [1.29, 1.82) is 0 Å². The first kappa shape index (κ1) is 26.5. The fourth-order valence-electron chi connectivity index (χ4n) is 4.36. The molecule has 1 atom stereocenters. The average molecular weight is 478 g/mol. The van der Waals surface area contributed by atoms with Gasteiger partial charge in [-0.15, -0.1) is 0 Å². The molecule has 2 aromatic carbocycles. The molecule has 188 valence electrons. The molecule has 1 aliphatic heterocycles. The van der Waals surface area contributed by atoms with E-state index in [9.17, 15) is 14.7 Å². The number of ether oxygens (including phenoxy) is 1. The molecule has 2 aromatic rings. The number of nitrogens with zero attached hydrogens (tertiary/aromatic N) is 1. The van der Waals surface area contributed by atoms with Crippen molar-refractivity contribution < 1.29 is 19.4 Å². The monoisotopic (exact) mass is 477 g/mol. The highest BCUT2D eigenvalue weighted by molar-refractivity contribution is 6.46. The van der Waals surface area contributed by atoms with Gasteiger partial charge in [-0.3, -0.25) is 9.59 Å². The SMILES string of the molecule is CCCCCOc1ccc(/C(O)=C2/C(=O)C(=O)N(CCCC)C2c2ccc(C(C)(C)C)cc2)cc1.